The van der Waals surface area contributed by atoms with E-state index in [1.54, 1.807) is 0 Å². The molecule has 6 aromatic carbocycles. The summed E-state index contributed by atoms with van der Waals surface area (Å²) >= 11 is 0. The normalized spacial score (nSPS) is 12.8. The summed E-state index contributed by atoms with van der Waals surface area (Å²) in [6.07, 6.45) is 0. The number of fused-ring (bicyclic) bond motifs is 8. The molecule has 0 amide bonds. The Kier molecular flexibility index (Phi) is 5.54. The molecule has 0 radical (unpaired) electrons. The highest BCUT2D eigenvalue weighted by Gasteiger charge is 2.27. The van der Waals surface area contributed by atoms with Crippen LogP contribution < -0.4 is 21.7 Å². The lowest BCUT2D eigenvalue weighted by Crippen LogP contribution is -2.20. The number of benzene rings is 6. The molecule has 0 fully saturated rings. The largest absolute Gasteiger partial charge is 0.744 e. The minimum absolute atomic E-state index is 0.0692. The summed E-state index contributed by atoms with van der Waals surface area (Å²) < 4.78 is 75.8. The predicted octanol–water partition coefficient (Wildman–Crippen LogP) is 2.57. The number of H-pyrrole nitrogens is 2. The molecule has 0 aliphatic heterocycles. The van der Waals surface area contributed by atoms with Crippen LogP contribution in [0.1, 0.15) is 11.1 Å². The molecular weight excluding hydrogens is 612 g/mol. The molecule has 1 aromatic heterocycles. The average Bonchev–Trinajstić information content (AvgIpc) is 2.96. The molecule has 14 heteroatoms. The van der Waals surface area contributed by atoms with E-state index in [0.717, 1.165) is 0 Å². The van der Waals surface area contributed by atoms with Crippen molar-refractivity contribution < 1.29 is 25.9 Å². The van der Waals surface area contributed by atoms with Gasteiger partial charge in [-0.2, -0.15) is 0 Å². The van der Waals surface area contributed by atoms with Crippen molar-refractivity contribution in [2.24, 2.45) is 0 Å². The van der Waals surface area contributed by atoms with E-state index >= 15 is 0 Å². The van der Waals surface area contributed by atoms with Crippen molar-refractivity contribution in [1.82, 2.24) is 9.97 Å². The molecule has 44 heavy (non-hydrogen) atoms. The number of nitrogens with one attached hydrogen (secondary N) is 2. The summed E-state index contributed by atoms with van der Waals surface area (Å²) in [6, 6.07) is 11.3. The standard InChI is InChI=1S/C30H18N2O10S2/c1-11-21-23(17-19(29(11)43(37,38)39)27(35)15-9-5-3-7-13(15)25(17)33)32-22-12(2)30(44(40,41)42)20-18(24(22)31-21)26(34)14-8-4-6-10-16(14)28(20)36/h3-10,31-32H,1-2H3,(H,37,38,39)(H,40,41,42)/p-2. The van der Waals surface area contributed by atoms with Gasteiger partial charge in [0.25, 0.3) is 0 Å². The second kappa shape index (κ2) is 8.76. The SMILES string of the molecule is Cc1c(S(=O)(=O)[O-])c2c(=O)c3ccccc3c(=O)c2c2[nH]c3c(C)c(S(=O)(=O)[O-])c4c(=O)c5ccccc5c(=O)c4c3[nH]c12. The molecule has 0 atom stereocenters. The zero-order chi connectivity index (χ0) is 31.6. The van der Waals surface area contributed by atoms with Crippen molar-refractivity contribution >= 4 is 85.4 Å². The van der Waals surface area contributed by atoms with Gasteiger partial charge in [-0.1, -0.05) is 48.5 Å². The van der Waals surface area contributed by atoms with Crippen LogP contribution in [0.2, 0.25) is 0 Å². The van der Waals surface area contributed by atoms with Gasteiger partial charge in [-0.15, -0.1) is 0 Å². The first-order valence-electron chi connectivity index (χ1n) is 12.9. The summed E-state index contributed by atoms with van der Waals surface area (Å²) in [5.41, 5.74) is -4.66. The molecule has 0 spiro atoms. The van der Waals surface area contributed by atoms with Gasteiger partial charge in [0.2, 0.25) is 0 Å². The molecule has 12 nitrogen and oxygen atoms in total. The van der Waals surface area contributed by atoms with Gasteiger partial charge in [0.1, 0.15) is 20.2 Å². The average molecular weight is 629 g/mol. The predicted molar refractivity (Wildman–Crippen MR) is 162 cm³/mol. The Morgan fingerprint density at radius 3 is 1.02 bits per heavy atom. The van der Waals surface area contributed by atoms with E-state index in [1.165, 1.54) is 62.4 Å². The summed E-state index contributed by atoms with van der Waals surface area (Å²) in [7, 11) is -10.8. The van der Waals surface area contributed by atoms with Gasteiger partial charge in [0.15, 0.2) is 21.7 Å². The van der Waals surface area contributed by atoms with E-state index in [9.17, 15) is 45.1 Å². The minimum Gasteiger partial charge on any atom is -0.744 e. The van der Waals surface area contributed by atoms with Crippen LogP contribution >= 0.6 is 0 Å². The molecule has 0 aliphatic carbocycles. The molecule has 0 aliphatic rings. The lowest BCUT2D eigenvalue weighted by molar-refractivity contribution is 0.461. The zero-order valence-corrected chi connectivity index (χ0v) is 24.2. The summed E-state index contributed by atoms with van der Waals surface area (Å²) in [4.78, 5) is 58.8. The van der Waals surface area contributed by atoms with Crippen LogP contribution in [-0.4, -0.2) is 35.9 Å². The number of aromatic nitrogens is 2. The maximum absolute atomic E-state index is 13.8. The Morgan fingerprint density at radius 2 is 0.750 bits per heavy atom. The first-order chi connectivity index (χ1) is 20.6. The lowest BCUT2D eigenvalue weighted by atomic mass is 9.96. The highest BCUT2D eigenvalue weighted by Crippen LogP contribution is 2.36. The Labute approximate surface area is 245 Å². The zero-order valence-electron chi connectivity index (χ0n) is 22.5. The minimum atomic E-state index is -5.39. The third-order valence-electron chi connectivity index (χ3n) is 8.13. The van der Waals surface area contributed by atoms with Crippen LogP contribution in [0.5, 0.6) is 0 Å². The van der Waals surface area contributed by atoms with Crippen molar-refractivity contribution in [3.05, 3.63) is 101 Å². The Bertz CT molecular complexity index is 2780. The maximum Gasteiger partial charge on any atom is 0.196 e. The van der Waals surface area contributed by atoms with Gasteiger partial charge in [0, 0.05) is 21.5 Å². The van der Waals surface area contributed by atoms with Gasteiger partial charge in [-0.05, 0) is 25.0 Å². The number of aryl methyl sites for hydroxylation is 2. The van der Waals surface area contributed by atoms with Gasteiger partial charge in [0.05, 0.1) is 53.4 Å². The highest BCUT2D eigenvalue weighted by atomic mass is 32.2. The molecular formula is C30H16N2O10S2-2. The highest BCUT2D eigenvalue weighted by molar-refractivity contribution is 7.86. The second-order valence-corrected chi connectivity index (χ2v) is 13.1. The van der Waals surface area contributed by atoms with Crippen LogP contribution in [0.25, 0.3) is 65.2 Å². The molecule has 2 N–H and O–H groups in total. The van der Waals surface area contributed by atoms with Crippen LogP contribution in [0.4, 0.5) is 0 Å². The summed E-state index contributed by atoms with van der Waals surface area (Å²) in [6.45, 7) is 2.44. The van der Waals surface area contributed by atoms with Gasteiger partial charge in [-0.25, -0.2) is 16.8 Å². The monoisotopic (exact) mass is 628 g/mol. The van der Waals surface area contributed by atoms with Gasteiger partial charge in [-0.3, -0.25) is 19.2 Å². The smallest absolute Gasteiger partial charge is 0.196 e. The fourth-order valence-electron chi connectivity index (χ4n) is 6.33. The molecule has 1 heterocycles. The van der Waals surface area contributed by atoms with E-state index in [2.05, 4.69) is 9.97 Å². The third-order valence-corrected chi connectivity index (χ3v) is 10.1. The number of aromatic amines is 2. The maximum atomic E-state index is 13.8. The van der Waals surface area contributed by atoms with Gasteiger partial charge >= 0.3 is 0 Å². The lowest BCUT2D eigenvalue weighted by Gasteiger charge is -2.20. The first kappa shape index (κ1) is 27.8. The fraction of sp³-hybridized carbons (Fsp3) is 0.0667. The number of hydrogen-bond acceptors (Lipinski definition) is 10. The van der Waals surface area contributed by atoms with E-state index < -0.39 is 73.3 Å². The summed E-state index contributed by atoms with van der Waals surface area (Å²) in [5, 5.41) is -2.65. The van der Waals surface area contributed by atoms with Crippen LogP contribution in [-0.2, 0) is 20.2 Å². The van der Waals surface area contributed by atoms with Crippen LogP contribution in [0.15, 0.2) is 77.5 Å². The number of rotatable bonds is 2. The second-order valence-electron chi connectivity index (χ2n) is 10.5. The first-order valence-corrected chi connectivity index (χ1v) is 15.7. The van der Waals surface area contributed by atoms with Gasteiger partial charge < -0.3 is 19.1 Å². The van der Waals surface area contributed by atoms with Crippen LogP contribution in [0, 0.1) is 13.8 Å². The molecule has 0 saturated heterocycles. The van der Waals surface area contributed by atoms with E-state index in [4.69, 9.17) is 0 Å². The Morgan fingerprint density at radius 1 is 0.477 bits per heavy atom. The van der Waals surface area contributed by atoms with E-state index in [1.807, 2.05) is 0 Å². The molecule has 7 rings (SSSR count). The van der Waals surface area contributed by atoms with Crippen molar-refractivity contribution in [2.45, 2.75) is 23.6 Å². The Hall–Kier alpha value is -5.02. The molecule has 0 bridgehead atoms. The van der Waals surface area contributed by atoms with Crippen molar-refractivity contribution in [3.63, 3.8) is 0 Å². The summed E-state index contributed by atoms with van der Waals surface area (Å²) in [5.74, 6) is 0. The molecule has 0 unspecified atom stereocenters. The van der Waals surface area contributed by atoms with Crippen molar-refractivity contribution in [2.75, 3.05) is 0 Å². The van der Waals surface area contributed by atoms with Crippen molar-refractivity contribution in [3.8, 4) is 0 Å². The fourth-order valence-corrected chi connectivity index (χ4v) is 8.17. The number of hydrogen-bond donors (Lipinski definition) is 2. The van der Waals surface area contributed by atoms with E-state index in [0.29, 0.717) is 0 Å². The quantitative estimate of drug-likeness (QED) is 0.162. The van der Waals surface area contributed by atoms with E-state index in [-0.39, 0.29) is 54.7 Å². The topological polar surface area (TPSA) is 214 Å². The Balaban J connectivity index is 1.91. The molecule has 220 valence electrons. The molecule has 7 aromatic rings. The molecule has 0 saturated carbocycles. The van der Waals surface area contributed by atoms with Crippen LogP contribution in [0.3, 0.4) is 0 Å². The third kappa shape index (κ3) is 3.50. The van der Waals surface area contributed by atoms with Crippen molar-refractivity contribution in [1.29, 1.82) is 0 Å².